The minimum Gasteiger partial charge on any atom is -0.337 e. The van der Waals surface area contributed by atoms with Crippen molar-refractivity contribution in [2.75, 3.05) is 12.4 Å². The first-order valence-electron chi connectivity index (χ1n) is 8.63. The first-order valence-corrected chi connectivity index (χ1v) is 8.63. The summed E-state index contributed by atoms with van der Waals surface area (Å²) in [6.45, 7) is 0.455. The molecular formula is C22H18N4O2. The lowest BCUT2D eigenvalue weighted by atomic mass is 10.1. The fraction of sp³-hybridized carbons (Fsp3) is 0.0909. The summed E-state index contributed by atoms with van der Waals surface area (Å²) in [5.41, 5.74) is 2.56. The molecule has 0 fully saturated rings. The van der Waals surface area contributed by atoms with Gasteiger partial charge in [-0.2, -0.15) is 5.26 Å². The van der Waals surface area contributed by atoms with Gasteiger partial charge < -0.3 is 10.2 Å². The van der Waals surface area contributed by atoms with Gasteiger partial charge in [0, 0.05) is 31.7 Å². The molecule has 2 amide bonds. The van der Waals surface area contributed by atoms with Crippen LogP contribution in [0.15, 0.2) is 73.1 Å². The average Bonchev–Trinajstić information content (AvgIpc) is 2.74. The summed E-state index contributed by atoms with van der Waals surface area (Å²) in [4.78, 5) is 30.8. The minimum atomic E-state index is -0.400. The number of amides is 2. The molecule has 0 aliphatic rings. The first-order chi connectivity index (χ1) is 13.6. The summed E-state index contributed by atoms with van der Waals surface area (Å²) in [5.74, 6) is -0.625. The lowest BCUT2D eigenvalue weighted by Crippen LogP contribution is -2.26. The van der Waals surface area contributed by atoms with E-state index in [9.17, 15) is 9.59 Å². The molecule has 0 unspecified atom stereocenters. The van der Waals surface area contributed by atoms with E-state index < -0.39 is 5.91 Å². The molecule has 138 valence electrons. The number of benzene rings is 2. The van der Waals surface area contributed by atoms with E-state index in [1.165, 1.54) is 18.5 Å². The van der Waals surface area contributed by atoms with E-state index in [4.69, 9.17) is 5.26 Å². The molecular weight excluding hydrogens is 352 g/mol. The molecule has 0 saturated heterocycles. The zero-order valence-corrected chi connectivity index (χ0v) is 15.3. The maximum Gasteiger partial charge on any atom is 0.257 e. The van der Waals surface area contributed by atoms with Crippen molar-refractivity contribution in [3.05, 3.63) is 95.3 Å². The Hall–Kier alpha value is -3.98. The Morgan fingerprint density at radius 2 is 1.79 bits per heavy atom. The normalized spacial score (nSPS) is 10.0. The van der Waals surface area contributed by atoms with Crippen LogP contribution in [0.1, 0.15) is 31.8 Å². The van der Waals surface area contributed by atoms with Gasteiger partial charge in [0.25, 0.3) is 11.8 Å². The van der Waals surface area contributed by atoms with E-state index in [1.807, 2.05) is 36.4 Å². The topological polar surface area (TPSA) is 86.1 Å². The molecule has 1 heterocycles. The Kier molecular flexibility index (Phi) is 5.78. The second-order valence-electron chi connectivity index (χ2n) is 6.26. The fourth-order valence-electron chi connectivity index (χ4n) is 2.70. The molecule has 0 aliphatic heterocycles. The van der Waals surface area contributed by atoms with Crippen LogP contribution < -0.4 is 5.32 Å². The smallest absolute Gasteiger partial charge is 0.257 e. The van der Waals surface area contributed by atoms with Crippen LogP contribution in [0, 0.1) is 11.3 Å². The zero-order chi connectivity index (χ0) is 19.9. The van der Waals surface area contributed by atoms with Crippen molar-refractivity contribution < 1.29 is 9.59 Å². The van der Waals surface area contributed by atoms with Crippen molar-refractivity contribution in [3.8, 4) is 6.07 Å². The number of anilines is 1. The Bertz CT molecular complexity index is 1040. The predicted molar refractivity (Wildman–Crippen MR) is 106 cm³/mol. The molecule has 3 rings (SSSR count). The van der Waals surface area contributed by atoms with Crippen molar-refractivity contribution in [1.82, 2.24) is 9.88 Å². The van der Waals surface area contributed by atoms with E-state index in [0.29, 0.717) is 23.4 Å². The van der Waals surface area contributed by atoms with Gasteiger partial charge in [0.2, 0.25) is 0 Å². The SMILES string of the molecule is CN(Cc1ccccc1)C(=O)c1cncc(C(=O)Nc2cccc(C#N)c2)c1. The first kappa shape index (κ1) is 18.8. The third-order valence-corrected chi connectivity index (χ3v) is 4.11. The highest BCUT2D eigenvalue weighted by molar-refractivity contribution is 6.05. The van der Waals surface area contributed by atoms with Gasteiger partial charge in [-0.3, -0.25) is 14.6 Å². The van der Waals surface area contributed by atoms with Crippen molar-refractivity contribution in [3.63, 3.8) is 0 Å². The van der Waals surface area contributed by atoms with E-state index >= 15 is 0 Å². The summed E-state index contributed by atoms with van der Waals surface area (Å²) in [6, 6.07) is 19.8. The maximum absolute atomic E-state index is 12.7. The average molecular weight is 370 g/mol. The van der Waals surface area contributed by atoms with Crippen molar-refractivity contribution in [2.45, 2.75) is 6.54 Å². The van der Waals surface area contributed by atoms with Crippen LogP contribution in [-0.2, 0) is 6.54 Å². The molecule has 6 heteroatoms. The molecule has 6 nitrogen and oxygen atoms in total. The molecule has 1 aromatic heterocycles. The standard InChI is InChI=1S/C22H18N4O2/c1-26(15-16-6-3-2-4-7-16)22(28)19-11-18(13-24-14-19)21(27)25-20-9-5-8-17(10-20)12-23/h2-11,13-14H,15H2,1H3,(H,25,27). The molecule has 0 aliphatic carbocycles. The molecule has 0 bridgehead atoms. The molecule has 0 radical (unpaired) electrons. The highest BCUT2D eigenvalue weighted by Crippen LogP contribution is 2.13. The molecule has 2 aromatic carbocycles. The summed E-state index contributed by atoms with van der Waals surface area (Å²) in [7, 11) is 1.70. The fourth-order valence-corrected chi connectivity index (χ4v) is 2.70. The number of nitrogens with one attached hydrogen (secondary N) is 1. The van der Waals surface area contributed by atoms with Crippen molar-refractivity contribution in [2.24, 2.45) is 0 Å². The summed E-state index contributed by atoms with van der Waals surface area (Å²) in [6.07, 6.45) is 2.84. The summed E-state index contributed by atoms with van der Waals surface area (Å²) < 4.78 is 0. The zero-order valence-electron chi connectivity index (χ0n) is 15.3. The lowest BCUT2D eigenvalue weighted by Gasteiger charge is -2.17. The second kappa shape index (κ2) is 8.60. The number of hydrogen-bond acceptors (Lipinski definition) is 4. The third kappa shape index (κ3) is 4.59. The van der Waals surface area contributed by atoms with Gasteiger partial charge in [0.1, 0.15) is 0 Å². The second-order valence-corrected chi connectivity index (χ2v) is 6.26. The Morgan fingerprint density at radius 1 is 1.04 bits per heavy atom. The van der Waals surface area contributed by atoms with Crippen molar-refractivity contribution in [1.29, 1.82) is 5.26 Å². The Labute approximate surface area is 163 Å². The van der Waals surface area contributed by atoms with E-state index in [2.05, 4.69) is 10.3 Å². The van der Waals surface area contributed by atoms with Crippen LogP contribution in [0.25, 0.3) is 0 Å². The highest BCUT2D eigenvalue weighted by atomic mass is 16.2. The molecule has 0 spiro atoms. The number of carbonyl (C=O) groups excluding carboxylic acids is 2. The number of hydrogen-bond donors (Lipinski definition) is 1. The van der Waals surface area contributed by atoms with E-state index in [0.717, 1.165) is 5.56 Å². The summed E-state index contributed by atoms with van der Waals surface area (Å²) >= 11 is 0. The van der Waals surface area contributed by atoms with Gasteiger partial charge in [-0.1, -0.05) is 36.4 Å². The number of nitriles is 1. The van der Waals surface area contributed by atoms with Crippen LogP contribution in [0.5, 0.6) is 0 Å². The van der Waals surface area contributed by atoms with Crippen LogP contribution in [-0.4, -0.2) is 28.7 Å². The lowest BCUT2D eigenvalue weighted by molar-refractivity contribution is 0.0784. The van der Waals surface area contributed by atoms with Crippen LogP contribution in [0.4, 0.5) is 5.69 Å². The van der Waals surface area contributed by atoms with Gasteiger partial charge >= 0.3 is 0 Å². The number of rotatable bonds is 5. The number of nitrogens with zero attached hydrogens (tertiary/aromatic N) is 3. The number of carbonyl (C=O) groups is 2. The van der Waals surface area contributed by atoms with Gasteiger partial charge in [0.05, 0.1) is 22.8 Å². The molecule has 3 aromatic rings. The maximum atomic E-state index is 12.7. The Balaban J connectivity index is 1.73. The largest absolute Gasteiger partial charge is 0.337 e. The minimum absolute atomic E-state index is 0.225. The highest BCUT2D eigenvalue weighted by Gasteiger charge is 2.15. The molecule has 0 atom stereocenters. The van der Waals surface area contributed by atoms with Crippen LogP contribution >= 0.6 is 0 Å². The van der Waals surface area contributed by atoms with Gasteiger partial charge in [-0.25, -0.2) is 0 Å². The van der Waals surface area contributed by atoms with Gasteiger partial charge in [0.15, 0.2) is 0 Å². The quantitative estimate of drug-likeness (QED) is 0.745. The van der Waals surface area contributed by atoms with Crippen LogP contribution in [0.3, 0.4) is 0 Å². The Morgan fingerprint density at radius 3 is 2.54 bits per heavy atom. The van der Waals surface area contributed by atoms with Gasteiger partial charge in [-0.05, 0) is 29.8 Å². The molecule has 0 saturated carbocycles. The third-order valence-electron chi connectivity index (χ3n) is 4.11. The van der Waals surface area contributed by atoms with E-state index in [1.54, 1.807) is 36.2 Å². The molecule has 1 N–H and O–H groups in total. The van der Waals surface area contributed by atoms with Gasteiger partial charge in [-0.15, -0.1) is 0 Å². The summed E-state index contributed by atoms with van der Waals surface area (Å²) in [5, 5.41) is 11.7. The monoisotopic (exact) mass is 370 g/mol. The van der Waals surface area contributed by atoms with Crippen molar-refractivity contribution >= 4 is 17.5 Å². The molecule has 28 heavy (non-hydrogen) atoms. The predicted octanol–water partition coefficient (Wildman–Crippen LogP) is 3.48. The number of pyridine rings is 1. The van der Waals surface area contributed by atoms with Crippen LogP contribution in [0.2, 0.25) is 0 Å². The van der Waals surface area contributed by atoms with E-state index in [-0.39, 0.29) is 11.5 Å². The number of aromatic nitrogens is 1.